The molecule has 0 bridgehead atoms. The molecule has 0 aromatic carbocycles. The van der Waals surface area contributed by atoms with E-state index in [9.17, 15) is 0 Å². The quantitative estimate of drug-likeness (QED) is 0.569. The Morgan fingerprint density at radius 2 is 2.56 bits per heavy atom. The molecule has 0 aromatic rings. The Morgan fingerprint density at radius 3 is 3.00 bits per heavy atom. The lowest BCUT2D eigenvalue weighted by Gasteiger charge is -2.09. The maximum atomic E-state index is 5.70. The summed E-state index contributed by atoms with van der Waals surface area (Å²) >= 11 is 7.56. The monoisotopic (exact) mass is 160 g/mol. The van der Waals surface area contributed by atoms with Crippen LogP contribution in [0.15, 0.2) is 23.3 Å². The molecular weight excluding hydrogens is 152 g/mol. The first-order valence-corrected chi connectivity index (χ1v) is 4.56. The highest BCUT2D eigenvalue weighted by Gasteiger charge is 2.03. The summed E-state index contributed by atoms with van der Waals surface area (Å²) in [7, 11) is 0. The smallest absolute Gasteiger partial charge is 0.0363 e. The largest absolute Gasteiger partial charge is 0.158 e. The van der Waals surface area contributed by atoms with E-state index in [-0.39, 0.29) is 0 Å². The molecule has 50 valence electrons. The van der Waals surface area contributed by atoms with Gasteiger partial charge in [0.15, 0.2) is 0 Å². The molecule has 0 amide bonds. The van der Waals surface area contributed by atoms with Crippen LogP contribution in [0.25, 0.3) is 0 Å². The summed E-state index contributed by atoms with van der Waals surface area (Å²) in [6.45, 7) is 0. The Kier molecular flexibility index (Phi) is 2.67. The summed E-state index contributed by atoms with van der Waals surface area (Å²) in [6.07, 6.45) is 9.36. The van der Waals surface area contributed by atoms with E-state index in [1.165, 1.54) is 0 Å². The van der Waals surface area contributed by atoms with Crippen molar-refractivity contribution in [3.63, 3.8) is 0 Å². The minimum absolute atomic E-state index is 0.646. The Balaban J connectivity index is 2.48. The number of halogens is 1. The van der Waals surface area contributed by atoms with E-state index in [0.717, 1.165) is 11.5 Å². The van der Waals surface area contributed by atoms with E-state index in [1.54, 1.807) is 0 Å². The van der Waals surface area contributed by atoms with E-state index in [1.807, 2.05) is 17.8 Å². The van der Waals surface area contributed by atoms with E-state index in [2.05, 4.69) is 18.4 Å². The highest BCUT2D eigenvalue weighted by molar-refractivity contribution is 7.99. The first-order chi connectivity index (χ1) is 4.33. The summed E-state index contributed by atoms with van der Waals surface area (Å²) in [5.41, 5.74) is 0. The molecule has 2 heteroatoms. The SMILES string of the molecule is CSC1C=CC(Cl)=CC1. The van der Waals surface area contributed by atoms with Gasteiger partial charge in [-0.2, -0.15) is 11.8 Å². The molecular formula is C7H9ClS. The Morgan fingerprint density at radius 1 is 1.78 bits per heavy atom. The van der Waals surface area contributed by atoms with Gasteiger partial charge in [0.25, 0.3) is 0 Å². The van der Waals surface area contributed by atoms with Crippen molar-refractivity contribution in [3.8, 4) is 0 Å². The van der Waals surface area contributed by atoms with Gasteiger partial charge in [-0.1, -0.05) is 23.8 Å². The molecule has 1 rings (SSSR count). The molecule has 0 spiro atoms. The molecule has 1 aliphatic carbocycles. The molecule has 9 heavy (non-hydrogen) atoms. The van der Waals surface area contributed by atoms with Crippen LogP contribution in [-0.4, -0.2) is 11.5 Å². The number of hydrogen-bond acceptors (Lipinski definition) is 1. The van der Waals surface area contributed by atoms with Gasteiger partial charge < -0.3 is 0 Å². The fraction of sp³-hybridized carbons (Fsp3) is 0.429. The molecule has 1 atom stereocenters. The van der Waals surface area contributed by atoms with E-state index in [4.69, 9.17) is 11.6 Å². The lowest BCUT2D eigenvalue weighted by Crippen LogP contribution is -1.97. The minimum Gasteiger partial charge on any atom is -0.158 e. The molecule has 0 N–H and O–H groups in total. The maximum Gasteiger partial charge on any atom is 0.0363 e. The first kappa shape index (κ1) is 7.23. The second-order valence-electron chi connectivity index (χ2n) is 1.96. The first-order valence-electron chi connectivity index (χ1n) is 2.89. The van der Waals surface area contributed by atoms with Crippen LogP contribution in [0.5, 0.6) is 0 Å². The molecule has 0 radical (unpaired) electrons. The maximum absolute atomic E-state index is 5.70. The lowest BCUT2D eigenvalue weighted by atomic mass is 10.2. The average Bonchev–Trinajstić information content (AvgIpc) is 1.90. The number of rotatable bonds is 1. The molecule has 0 saturated carbocycles. The van der Waals surface area contributed by atoms with Gasteiger partial charge in [0.2, 0.25) is 0 Å². The zero-order chi connectivity index (χ0) is 6.69. The molecule has 0 aliphatic heterocycles. The van der Waals surface area contributed by atoms with Gasteiger partial charge in [-0.05, 0) is 18.8 Å². The summed E-state index contributed by atoms with van der Waals surface area (Å²) in [5.74, 6) is 0. The summed E-state index contributed by atoms with van der Waals surface area (Å²) in [4.78, 5) is 0. The van der Waals surface area contributed by atoms with Crippen LogP contribution in [0.3, 0.4) is 0 Å². The van der Waals surface area contributed by atoms with Gasteiger partial charge in [0.05, 0.1) is 0 Å². The topological polar surface area (TPSA) is 0 Å². The highest BCUT2D eigenvalue weighted by Crippen LogP contribution is 2.21. The zero-order valence-electron chi connectivity index (χ0n) is 5.30. The highest BCUT2D eigenvalue weighted by atomic mass is 35.5. The average molecular weight is 161 g/mol. The summed E-state index contributed by atoms with van der Waals surface area (Å²) < 4.78 is 0. The van der Waals surface area contributed by atoms with Crippen LogP contribution >= 0.6 is 23.4 Å². The summed E-state index contributed by atoms with van der Waals surface area (Å²) in [6, 6.07) is 0. The fourth-order valence-corrected chi connectivity index (χ4v) is 1.44. The molecule has 0 fully saturated rings. The Labute approximate surface area is 65.0 Å². The second-order valence-corrected chi connectivity index (χ2v) is 3.47. The van der Waals surface area contributed by atoms with E-state index >= 15 is 0 Å². The van der Waals surface area contributed by atoms with Crippen molar-refractivity contribution in [1.29, 1.82) is 0 Å². The van der Waals surface area contributed by atoms with Gasteiger partial charge in [-0.25, -0.2) is 0 Å². The predicted molar refractivity (Wildman–Crippen MR) is 45.0 cm³/mol. The third-order valence-corrected chi connectivity index (χ3v) is 2.55. The minimum atomic E-state index is 0.646. The normalized spacial score (nSPS) is 26.0. The molecule has 1 aliphatic rings. The zero-order valence-corrected chi connectivity index (χ0v) is 6.88. The van der Waals surface area contributed by atoms with Crippen molar-refractivity contribution in [2.75, 3.05) is 6.26 Å². The van der Waals surface area contributed by atoms with Gasteiger partial charge in [-0.15, -0.1) is 0 Å². The van der Waals surface area contributed by atoms with Crippen LogP contribution in [0.1, 0.15) is 6.42 Å². The molecule has 0 nitrogen and oxygen atoms in total. The van der Waals surface area contributed by atoms with Crippen LogP contribution in [-0.2, 0) is 0 Å². The molecule has 0 heterocycles. The van der Waals surface area contributed by atoms with Crippen LogP contribution < -0.4 is 0 Å². The fourth-order valence-electron chi connectivity index (χ4n) is 0.749. The Bertz CT molecular complexity index is 149. The van der Waals surface area contributed by atoms with Crippen molar-refractivity contribution in [3.05, 3.63) is 23.3 Å². The van der Waals surface area contributed by atoms with Gasteiger partial charge in [0, 0.05) is 10.3 Å². The van der Waals surface area contributed by atoms with Crippen molar-refractivity contribution >= 4 is 23.4 Å². The summed E-state index contributed by atoms with van der Waals surface area (Å²) in [5, 5.41) is 1.52. The van der Waals surface area contributed by atoms with E-state index < -0.39 is 0 Å². The number of hydrogen-bond donors (Lipinski definition) is 0. The van der Waals surface area contributed by atoms with Gasteiger partial charge >= 0.3 is 0 Å². The number of allylic oxidation sites excluding steroid dienone is 3. The molecule has 1 unspecified atom stereocenters. The van der Waals surface area contributed by atoms with Crippen molar-refractivity contribution < 1.29 is 0 Å². The lowest BCUT2D eigenvalue weighted by molar-refractivity contribution is 1.05. The third-order valence-electron chi connectivity index (χ3n) is 1.32. The standard InChI is InChI=1S/C7H9ClS/c1-9-7-4-2-6(8)3-5-7/h2-4,7H,5H2,1H3. The van der Waals surface area contributed by atoms with Gasteiger partial charge in [0.1, 0.15) is 0 Å². The second kappa shape index (κ2) is 3.33. The Hall–Kier alpha value is 0.120. The van der Waals surface area contributed by atoms with Crippen LogP contribution in [0.2, 0.25) is 0 Å². The van der Waals surface area contributed by atoms with Crippen molar-refractivity contribution in [2.45, 2.75) is 11.7 Å². The van der Waals surface area contributed by atoms with E-state index in [0.29, 0.717) is 5.25 Å². The molecule has 0 aromatic heterocycles. The van der Waals surface area contributed by atoms with Crippen molar-refractivity contribution in [2.24, 2.45) is 0 Å². The third kappa shape index (κ3) is 2.07. The van der Waals surface area contributed by atoms with Crippen LogP contribution in [0, 0.1) is 0 Å². The number of thioether (sulfide) groups is 1. The molecule has 0 saturated heterocycles. The predicted octanol–water partition coefficient (Wildman–Crippen LogP) is 2.80. The van der Waals surface area contributed by atoms with Crippen LogP contribution in [0.4, 0.5) is 0 Å². The van der Waals surface area contributed by atoms with Crippen molar-refractivity contribution in [1.82, 2.24) is 0 Å². The van der Waals surface area contributed by atoms with Gasteiger partial charge in [-0.3, -0.25) is 0 Å².